The van der Waals surface area contributed by atoms with Crippen molar-refractivity contribution in [2.24, 2.45) is 0 Å². The second kappa shape index (κ2) is 9.78. The molecule has 0 bridgehead atoms. The first-order valence-electron chi connectivity index (χ1n) is 16.4. The van der Waals surface area contributed by atoms with Gasteiger partial charge in [0.05, 0.1) is 0 Å². The van der Waals surface area contributed by atoms with Crippen molar-refractivity contribution in [2.45, 2.75) is 0 Å². The van der Waals surface area contributed by atoms with Gasteiger partial charge in [-0.1, -0.05) is 121 Å². The van der Waals surface area contributed by atoms with Crippen LogP contribution in [0.5, 0.6) is 0 Å². The molecule has 9 aromatic carbocycles. The monoisotopic (exact) mass is 626 g/mol. The number of furan rings is 1. The van der Waals surface area contributed by atoms with Crippen LogP contribution in [0, 0.1) is 0 Å². The topological polar surface area (TPSA) is 13.1 Å². The highest BCUT2D eigenvalue weighted by molar-refractivity contribution is 7.25. The fourth-order valence-corrected chi connectivity index (χ4v) is 9.25. The van der Waals surface area contributed by atoms with Crippen molar-refractivity contribution in [1.29, 1.82) is 0 Å². The summed E-state index contributed by atoms with van der Waals surface area (Å²) in [7, 11) is 0. The molecule has 2 aromatic heterocycles. The van der Waals surface area contributed by atoms with Crippen LogP contribution in [0.2, 0.25) is 0 Å². The molecule has 0 saturated carbocycles. The average Bonchev–Trinajstić information content (AvgIpc) is 3.70. The minimum absolute atomic E-state index is 0.937. The maximum absolute atomic E-state index is 6.23. The Kier molecular flexibility index (Phi) is 5.32. The molecule has 0 aliphatic carbocycles. The summed E-state index contributed by atoms with van der Waals surface area (Å²) in [6.45, 7) is 0. The predicted molar refractivity (Wildman–Crippen MR) is 208 cm³/mol. The van der Waals surface area contributed by atoms with Crippen LogP contribution in [0.1, 0.15) is 0 Å². The lowest BCUT2D eigenvalue weighted by Gasteiger charge is -2.19. The van der Waals surface area contributed by atoms with Crippen LogP contribution in [0.3, 0.4) is 0 Å². The molecule has 0 aliphatic rings. The van der Waals surface area contributed by atoms with E-state index < -0.39 is 0 Å². The number of hydrogen-bond donors (Lipinski definition) is 0. The van der Waals surface area contributed by atoms with Crippen LogP contribution in [-0.4, -0.2) is 0 Å². The molecular weight excluding hydrogens is 601 g/mol. The molecule has 48 heavy (non-hydrogen) atoms. The van der Waals surface area contributed by atoms with Gasteiger partial charge in [-0.15, -0.1) is 11.3 Å². The lowest BCUT2D eigenvalue weighted by Crippen LogP contribution is -1.91. The molecule has 0 radical (unpaired) electrons. The van der Waals surface area contributed by atoms with Crippen LogP contribution < -0.4 is 0 Å². The SMILES string of the molecule is c1ccc2c(-c3c4ccccc4c(-c4ccc5sc6cc7c(ccc8oc9ccccc9c87)cc6c5c4)c4ccccc34)cccc2c1. The van der Waals surface area contributed by atoms with Crippen molar-refractivity contribution in [3.63, 3.8) is 0 Å². The first-order chi connectivity index (χ1) is 23.8. The van der Waals surface area contributed by atoms with Gasteiger partial charge in [-0.3, -0.25) is 0 Å². The normalized spacial score (nSPS) is 12.2. The molecule has 0 atom stereocenters. The van der Waals surface area contributed by atoms with Crippen molar-refractivity contribution in [1.82, 2.24) is 0 Å². The molecule has 11 rings (SSSR count). The molecule has 0 fully saturated rings. The zero-order chi connectivity index (χ0) is 31.3. The lowest BCUT2D eigenvalue weighted by molar-refractivity contribution is 0.669. The van der Waals surface area contributed by atoms with Crippen molar-refractivity contribution in [2.75, 3.05) is 0 Å². The maximum atomic E-state index is 6.23. The Bertz CT molecular complexity index is 3060. The Morgan fingerprint density at radius 1 is 0.354 bits per heavy atom. The molecule has 0 unspecified atom stereocenters. The van der Waals surface area contributed by atoms with Crippen molar-refractivity contribution in [3.05, 3.63) is 158 Å². The number of thiophene rings is 1. The van der Waals surface area contributed by atoms with E-state index >= 15 is 0 Å². The molecule has 0 N–H and O–H groups in total. The standard InChI is InChI=1S/C46H26OS/c1-2-12-30-27(10-1)11-9-18-31(30)45-34-15-5-3-13-32(34)44(33-14-4-6-16-35(33)45)29-21-23-42-38(25-29)39-24-28-20-22-41-46(37(28)26-43(39)48-42)36-17-7-8-19-40(36)47-41/h1-26H. The van der Waals surface area contributed by atoms with E-state index in [0.29, 0.717) is 0 Å². The van der Waals surface area contributed by atoms with Gasteiger partial charge in [0.15, 0.2) is 0 Å². The van der Waals surface area contributed by atoms with E-state index in [1.54, 1.807) is 0 Å². The Morgan fingerprint density at radius 3 is 1.79 bits per heavy atom. The van der Waals surface area contributed by atoms with Gasteiger partial charge in [-0.25, -0.2) is 0 Å². The van der Waals surface area contributed by atoms with Crippen molar-refractivity contribution >= 4 is 96.5 Å². The number of para-hydroxylation sites is 1. The van der Waals surface area contributed by atoms with Crippen molar-refractivity contribution in [3.8, 4) is 22.3 Å². The van der Waals surface area contributed by atoms with Crippen molar-refractivity contribution < 1.29 is 4.42 Å². The Morgan fingerprint density at radius 2 is 1.00 bits per heavy atom. The Balaban J connectivity index is 1.19. The summed E-state index contributed by atoms with van der Waals surface area (Å²) >= 11 is 1.87. The van der Waals surface area contributed by atoms with Crippen LogP contribution >= 0.6 is 11.3 Å². The molecule has 222 valence electrons. The second-order valence-electron chi connectivity index (χ2n) is 12.8. The highest BCUT2D eigenvalue weighted by Gasteiger charge is 2.19. The summed E-state index contributed by atoms with van der Waals surface area (Å²) in [4.78, 5) is 0. The summed E-state index contributed by atoms with van der Waals surface area (Å²) in [6, 6.07) is 57.9. The molecule has 1 nitrogen and oxygen atoms in total. The van der Waals surface area contributed by atoms with Crippen LogP contribution in [-0.2, 0) is 0 Å². The number of fused-ring (bicyclic) bond motifs is 11. The zero-order valence-electron chi connectivity index (χ0n) is 25.8. The number of hydrogen-bond acceptors (Lipinski definition) is 2. The fraction of sp³-hybridized carbons (Fsp3) is 0. The van der Waals surface area contributed by atoms with Crippen LogP contribution in [0.25, 0.3) is 107 Å². The number of benzene rings is 9. The molecule has 2 heterocycles. The van der Waals surface area contributed by atoms with E-state index in [-0.39, 0.29) is 0 Å². The predicted octanol–water partition coefficient (Wildman–Crippen LogP) is 13.9. The largest absolute Gasteiger partial charge is 0.456 e. The minimum atomic E-state index is 0.937. The molecule has 11 aromatic rings. The second-order valence-corrected chi connectivity index (χ2v) is 13.9. The molecule has 0 spiro atoms. The summed E-state index contributed by atoms with van der Waals surface area (Å²) in [5, 5.41) is 15.1. The third-order valence-electron chi connectivity index (χ3n) is 10.2. The molecular formula is C46H26OS. The highest BCUT2D eigenvalue weighted by Crippen LogP contribution is 2.47. The first-order valence-corrected chi connectivity index (χ1v) is 17.2. The number of rotatable bonds is 2. The Hall–Kier alpha value is -5.96. The van der Waals surface area contributed by atoms with Gasteiger partial charge in [0.2, 0.25) is 0 Å². The third-order valence-corrected chi connectivity index (χ3v) is 11.4. The highest BCUT2D eigenvalue weighted by atomic mass is 32.1. The van der Waals surface area contributed by atoms with Gasteiger partial charge < -0.3 is 4.42 Å². The van der Waals surface area contributed by atoms with E-state index in [2.05, 4.69) is 152 Å². The quantitative estimate of drug-likeness (QED) is 0.174. The van der Waals surface area contributed by atoms with Gasteiger partial charge in [-0.05, 0) is 102 Å². The maximum Gasteiger partial charge on any atom is 0.136 e. The van der Waals surface area contributed by atoms with E-state index in [1.165, 1.54) is 96.3 Å². The van der Waals surface area contributed by atoms with Crippen LogP contribution in [0.15, 0.2) is 162 Å². The molecule has 2 heteroatoms. The summed E-state index contributed by atoms with van der Waals surface area (Å²) in [5.41, 5.74) is 6.99. The van der Waals surface area contributed by atoms with E-state index in [1.807, 2.05) is 17.4 Å². The molecule has 0 aliphatic heterocycles. The lowest BCUT2D eigenvalue weighted by atomic mass is 9.84. The van der Waals surface area contributed by atoms with E-state index in [9.17, 15) is 0 Å². The van der Waals surface area contributed by atoms with Gasteiger partial charge in [0.1, 0.15) is 11.2 Å². The van der Waals surface area contributed by atoms with Gasteiger partial charge in [-0.2, -0.15) is 0 Å². The van der Waals surface area contributed by atoms with Gasteiger partial charge in [0, 0.05) is 30.9 Å². The molecule has 0 amide bonds. The summed E-state index contributed by atoms with van der Waals surface area (Å²) in [6.07, 6.45) is 0. The zero-order valence-corrected chi connectivity index (χ0v) is 26.6. The van der Waals surface area contributed by atoms with Gasteiger partial charge in [0.25, 0.3) is 0 Å². The minimum Gasteiger partial charge on any atom is -0.456 e. The average molecular weight is 627 g/mol. The molecule has 0 saturated heterocycles. The summed E-state index contributed by atoms with van der Waals surface area (Å²) < 4.78 is 8.83. The Labute approximate surface area is 279 Å². The van der Waals surface area contributed by atoms with Gasteiger partial charge >= 0.3 is 0 Å². The van der Waals surface area contributed by atoms with E-state index in [0.717, 1.165) is 11.2 Å². The third kappa shape index (κ3) is 3.61. The first kappa shape index (κ1) is 26.1. The van der Waals surface area contributed by atoms with Crippen LogP contribution in [0.4, 0.5) is 0 Å². The summed E-state index contributed by atoms with van der Waals surface area (Å²) in [5.74, 6) is 0. The smallest absolute Gasteiger partial charge is 0.136 e. The van der Waals surface area contributed by atoms with E-state index in [4.69, 9.17) is 4.42 Å². The fourth-order valence-electron chi connectivity index (χ4n) is 8.15.